The fourth-order valence-corrected chi connectivity index (χ4v) is 5.12. The van der Waals surface area contributed by atoms with Crippen molar-refractivity contribution in [3.8, 4) is 5.69 Å². The van der Waals surface area contributed by atoms with Crippen molar-refractivity contribution in [2.75, 3.05) is 43.5 Å². The molecule has 5 rings (SSSR count). The van der Waals surface area contributed by atoms with E-state index in [1.54, 1.807) is 0 Å². The highest BCUT2D eigenvalue weighted by Crippen LogP contribution is 2.29. The number of anilines is 1. The highest BCUT2D eigenvalue weighted by molar-refractivity contribution is 7.99. The van der Waals surface area contributed by atoms with Crippen LogP contribution in [0.4, 0.5) is 5.95 Å². The normalized spacial score (nSPS) is 16.2. The summed E-state index contributed by atoms with van der Waals surface area (Å²) in [5, 5.41) is 9.74. The van der Waals surface area contributed by atoms with Crippen LogP contribution in [0, 0.1) is 6.92 Å². The molecule has 1 aromatic heterocycles. The number of ether oxygens (including phenoxy) is 1. The Morgan fingerprint density at radius 1 is 1.00 bits per heavy atom. The van der Waals surface area contributed by atoms with E-state index < -0.39 is 0 Å². The molecule has 3 heterocycles. The van der Waals surface area contributed by atoms with Gasteiger partial charge >= 0.3 is 0 Å². The minimum atomic E-state index is 0.136. The molecule has 0 bridgehead atoms. The van der Waals surface area contributed by atoms with Crippen LogP contribution in [-0.4, -0.2) is 64.2 Å². The zero-order valence-electron chi connectivity index (χ0n) is 18.2. The molecule has 0 unspecified atom stereocenters. The van der Waals surface area contributed by atoms with Gasteiger partial charge in [-0.2, -0.15) is 0 Å². The van der Waals surface area contributed by atoms with E-state index >= 15 is 0 Å². The number of benzene rings is 2. The predicted octanol–water partition coefficient (Wildman–Crippen LogP) is 3.09. The minimum Gasteiger partial charge on any atom is -0.378 e. The van der Waals surface area contributed by atoms with Crippen LogP contribution in [0.1, 0.15) is 16.7 Å². The molecule has 2 aliphatic rings. The molecule has 2 aromatic carbocycles. The highest BCUT2D eigenvalue weighted by atomic mass is 32.2. The van der Waals surface area contributed by atoms with Crippen molar-refractivity contribution in [2.24, 2.45) is 0 Å². The molecule has 0 saturated carbocycles. The number of rotatable bonds is 5. The van der Waals surface area contributed by atoms with Gasteiger partial charge in [0.25, 0.3) is 0 Å². The lowest BCUT2D eigenvalue weighted by Gasteiger charge is -2.29. The molecule has 3 aromatic rings. The Balaban J connectivity index is 1.36. The first-order chi connectivity index (χ1) is 15.7. The van der Waals surface area contributed by atoms with Gasteiger partial charge in [0.2, 0.25) is 11.9 Å². The van der Waals surface area contributed by atoms with Gasteiger partial charge in [-0.3, -0.25) is 9.36 Å². The summed E-state index contributed by atoms with van der Waals surface area (Å²) in [7, 11) is 0. The third-order valence-corrected chi connectivity index (χ3v) is 6.99. The smallest absolute Gasteiger partial charge is 0.233 e. The number of nitrogens with zero attached hydrogens (tertiary/aromatic N) is 5. The largest absolute Gasteiger partial charge is 0.378 e. The van der Waals surface area contributed by atoms with E-state index in [-0.39, 0.29) is 5.91 Å². The van der Waals surface area contributed by atoms with Crippen molar-refractivity contribution < 1.29 is 9.53 Å². The maximum Gasteiger partial charge on any atom is 0.233 e. The van der Waals surface area contributed by atoms with Gasteiger partial charge in [0.05, 0.1) is 24.7 Å². The van der Waals surface area contributed by atoms with Crippen LogP contribution in [0.15, 0.2) is 53.7 Å². The van der Waals surface area contributed by atoms with Crippen LogP contribution >= 0.6 is 11.8 Å². The van der Waals surface area contributed by atoms with Crippen molar-refractivity contribution in [1.82, 2.24) is 19.7 Å². The topological polar surface area (TPSA) is 63.5 Å². The summed E-state index contributed by atoms with van der Waals surface area (Å²) in [5.41, 5.74) is 4.77. The first-order valence-corrected chi connectivity index (χ1v) is 12.0. The summed E-state index contributed by atoms with van der Waals surface area (Å²) < 4.78 is 7.60. The Labute approximate surface area is 192 Å². The third-order valence-electron chi connectivity index (χ3n) is 6.07. The first-order valence-electron chi connectivity index (χ1n) is 11.0. The lowest BCUT2D eigenvalue weighted by atomic mass is 10.00. The number of carbonyl (C=O) groups is 1. The second kappa shape index (κ2) is 9.34. The van der Waals surface area contributed by atoms with Crippen LogP contribution < -0.4 is 4.90 Å². The van der Waals surface area contributed by atoms with E-state index in [0.29, 0.717) is 25.5 Å². The molecule has 1 amide bonds. The molecule has 166 valence electrons. The van der Waals surface area contributed by atoms with Gasteiger partial charge in [0, 0.05) is 26.2 Å². The van der Waals surface area contributed by atoms with E-state index in [9.17, 15) is 4.79 Å². The number of aromatic nitrogens is 3. The van der Waals surface area contributed by atoms with Gasteiger partial charge in [-0.15, -0.1) is 10.2 Å². The molecule has 32 heavy (non-hydrogen) atoms. The maximum absolute atomic E-state index is 13.0. The predicted molar refractivity (Wildman–Crippen MR) is 125 cm³/mol. The zero-order chi connectivity index (χ0) is 21.9. The van der Waals surface area contributed by atoms with Crippen LogP contribution in [0.25, 0.3) is 5.69 Å². The van der Waals surface area contributed by atoms with Crippen molar-refractivity contribution in [3.63, 3.8) is 0 Å². The molecule has 0 N–H and O–H groups in total. The maximum atomic E-state index is 13.0. The average molecular weight is 450 g/mol. The molecule has 7 nitrogen and oxygen atoms in total. The molecule has 8 heteroatoms. The molecular formula is C24H27N5O2S. The van der Waals surface area contributed by atoms with Gasteiger partial charge in [-0.05, 0) is 36.1 Å². The lowest BCUT2D eigenvalue weighted by molar-refractivity contribution is -0.129. The Morgan fingerprint density at radius 2 is 1.75 bits per heavy atom. The average Bonchev–Trinajstić information content (AvgIpc) is 3.26. The summed E-state index contributed by atoms with van der Waals surface area (Å²) in [5.74, 6) is 1.29. The molecular weight excluding hydrogens is 422 g/mol. The zero-order valence-corrected chi connectivity index (χ0v) is 19.1. The number of amides is 1. The number of thioether (sulfide) groups is 1. The van der Waals surface area contributed by atoms with E-state index in [1.165, 1.54) is 22.9 Å². The fraction of sp³-hybridized carbons (Fsp3) is 0.375. The number of aryl methyl sites for hydroxylation is 1. The van der Waals surface area contributed by atoms with Crippen molar-refractivity contribution in [1.29, 1.82) is 0 Å². The number of fused-ring (bicyclic) bond motifs is 1. The first kappa shape index (κ1) is 21.0. The summed E-state index contributed by atoms with van der Waals surface area (Å²) in [6.45, 7) is 6.44. The van der Waals surface area contributed by atoms with Gasteiger partial charge in [0.1, 0.15) is 0 Å². The Morgan fingerprint density at radius 3 is 2.56 bits per heavy atom. The van der Waals surface area contributed by atoms with E-state index in [1.807, 2.05) is 23.1 Å². The Kier molecular flexibility index (Phi) is 6.14. The van der Waals surface area contributed by atoms with Crippen LogP contribution in [0.2, 0.25) is 0 Å². The second-order valence-corrected chi connectivity index (χ2v) is 9.07. The van der Waals surface area contributed by atoms with Gasteiger partial charge in [-0.25, -0.2) is 0 Å². The van der Waals surface area contributed by atoms with Crippen LogP contribution in [-0.2, 0) is 22.5 Å². The van der Waals surface area contributed by atoms with Gasteiger partial charge in [0.15, 0.2) is 5.16 Å². The second-order valence-electron chi connectivity index (χ2n) is 8.13. The molecule has 1 saturated heterocycles. The summed E-state index contributed by atoms with van der Waals surface area (Å²) in [6, 6.07) is 16.6. The molecule has 0 radical (unpaired) electrons. The monoisotopic (exact) mass is 449 g/mol. The standard InChI is InChI=1S/C24H27N5O2S/c1-18-6-2-5-9-21(18)29-23(27-12-14-31-15-13-27)25-26-24(29)32-17-22(30)28-11-10-19-7-3-4-8-20(19)16-28/h2-9H,10-17H2,1H3. The lowest BCUT2D eigenvalue weighted by Crippen LogP contribution is -2.38. The highest BCUT2D eigenvalue weighted by Gasteiger charge is 2.25. The van der Waals surface area contributed by atoms with E-state index in [0.717, 1.165) is 48.4 Å². The molecule has 1 fully saturated rings. The number of morpholine rings is 1. The SMILES string of the molecule is Cc1ccccc1-n1c(SCC(=O)N2CCc3ccccc3C2)nnc1N1CCOCC1. The molecule has 0 atom stereocenters. The number of hydrogen-bond acceptors (Lipinski definition) is 6. The Hall–Kier alpha value is -2.84. The van der Waals surface area contributed by atoms with E-state index in [2.05, 4.69) is 56.9 Å². The third kappa shape index (κ3) is 4.25. The van der Waals surface area contributed by atoms with Crippen LogP contribution in [0.3, 0.4) is 0 Å². The summed E-state index contributed by atoms with van der Waals surface area (Å²) in [4.78, 5) is 17.2. The minimum absolute atomic E-state index is 0.136. The Bertz CT molecular complexity index is 1110. The van der Waals surface area contributed by atoms with Gasteiger partial charge in [-0.1, -0.05) is 54.2 Å². The summed E-state index contributed by atoms with van der Waals surface area (Å²) >= 11 is 1.46. The fourth-order valence-electron chi connectivity index (χ4n) is 4.28. The number of carbonyl (C=O) groups excluding carboxylic acids is 1. The molecule has 2 aliphatic heterocycles. The van der Waals surface area contributed by atoms with Crippen LogP contribution in [0.5, 0.6) is 0 Å². The van der Waals surface area contributed by atoms with Gasteiger partial charge < -0.3 is 14.5 Å². The van der Waals surface area contributed by atoms with Crippen molar-refractivity contribution >= 4 is 23.6 Å². The summed E-state index contributed by atoms with van der Waals surface area (Å²) in [6.07, 6.45) is 0.910. The quantitative estimate of drug-likeness (QED) is 0.558. The number of para-hydroxylation sites is 1. The number of hydrogen-bond donors (Lipinski definition) is 0. The van der Waals surface area contributed by atoms with E-state index in [4.69, 9.17) is 4.74 Å². The molecule has 0 spiro atoms. The molecule has 0 aliphatic carbocycles. The van der Waals surface area contributed by atoms with Crippen molar-refractivity contribution in [2.45, 2.75) is 25.0 Å². The van der Waals surface area contributed by atoms with Crippen molar-refractivity contribution in [3.05, 3.63) is 65.2 Å².